The fourth-order valence-electron chi connectivity index (χ4n) is 2.21. The zero-order valence-electron chi connectivity index (χ0n) is 11.4. The smallest absolute Gasteiger partial charge is 0.350 e. The normalized spacial score (nSPS) is 19.4. The number of methoxy groups -OCH3 is 2. The first kappa shape index (κ1) is 14.0. The van der Waals surface area contributed by atoms with Crippen LogP contribution in [0, 0.1) is 0 Å². The minimum Gasteiger partial charge on any atom is -0.492 e. The van der Waals surface area contributed by atoms with E-state index in [9.17, 15) is 4.79 Å². The monoisotopic (exact) mass is 285 g/mol. The maximum absolute atomic E-state index is 11.6. The molecule has 2 rings (SSSR count). The molecule has 1 aliphatic heterocycles. The van der Waals surface area contributed by atoms with E-state index in [1.807, 2.05) is 0 Å². The largest absolute Gasteiger partial charge is 0.492 e. The number of nitrogens with zero attached hydrogens (tertiary/aromatic N) is 1. The zero-order valence-corrected chi connectivity index (χ0v) is 12.2. The molecule has 106 valence electrons. The van der Waals surface area contributed by atoms with Gasteiger partial charge >= 0.3 is 5.97 Å². The Morgan fingerprint density at radius 2 is 2.26 bits per heavy atom. The van der Waals surface area contributed by atoms with Gasteiger partial charge in [0.2, 0.25) is 0 Å². The Hall–Kier alpha value is -1.47. The molecule has 1 aromatic heterocycles. The average Bonchev–Trinajstić information content (AvgIpc) is 2.93. The molecular formula is C12H19N3O3S. The molecule has 19 heavy (non-hydrogen) atoms. The fourth-order valence-corrected chi connectivity index (χ4v) is 3.29. The predicted molar refractivity (Wildman–Crippen MR) is 76.1 cm³/mol. The van der Waals surface area contributed by atoms with E-state index >= 15 is 0 Å². The van der Waals surface area contributed by atoms with Crippen LogP contribution in [-0.2, 0) is 4.74 Å². The van der Waals surface area contributed by atoms with E-state index < -0.39 is 5.97 Å². The van der Waals surface area contributed by atoms with Gasteiger partial charge in [-0.15, -0.1) is 11.3 Å². The second-order valence-electron chi connectivity index (χ2n) is 4.59. The number of carbonyl (C=O) groups is 1. The van der Waals surface area contributed by atoms with Crippen molar-refractivity contribution in [1.82, 2.24) is 4.90 Å². The van der Waals surface area contributed by atoms with Crippen molar-refractivity contribution in [2.24, 2.45) is 0 Å². The van der Waals surface area contributed by atoms with Gasteiger partial charge in [0.05, 0.1) is 14.2 Å². The molecule has 1 aliphatic rings. The first-order valence-electron chi connectivity index (χ1n) is 6.06. The summed E-state index contributed by atoms with van der Waals surface area (Å²) in [7, 11) is 4.97. The van der Waals surface area contributed by atoms with Crippen molar-refractivity contribution in [3.63, 3.8) is 0 Å². The number of thiophene rings is 1. The van der Waals surface area contributed by atoms with Gasteiger partial charge in [0.1, 0.15) is 15.6 Å². The van der Waals surface area contributed by atoms with Crippen LogP contribution in [0.25, 0.3) is 0 Å². The van der Waals surface area contributed by atoms with E-state index in [0.29, 0.717) is 22.4 Å². The predicted octanol–water partition coefficient (Wildman–Crippen LogP) is 1.24. The number of esters is 1. The molecule has 0 aromatic carbocycles. The first-order chi connectivity index (χ1) is 9.06. The molecule has 0 radical (unpaired) electrons. The number of nitrogen functional groups attached to an aromatic ring is 1. The lowest BCUT2D eigenvalue weighted by Crippen LogP contribution is -2.23. The number of likely N-dealkylation sites (N-methyl/N-ethyl adjacent to an activating group) is 1. The lowest BCUT2D eigenvalue weighted by Gasteiger charge is -2.13. The number of nitrogens with two attached hydrogens (primary N) is 1. The van der Waals surface area contributed by atoms with Crippen molar-refractivity contribution in [1.29, 1.82) is 0 Å². The van der Waals surface area contributed by atoms with E-state index in [1.165, 1.54) is 18.4 Å². The Labute approximate surface area is 116 Å². The van der Waals surface area contributed by atoms with E-state index in [2.05, 4.69) is 17.3 Å². The molecule has 6 nitrogen and oxygen atoms in total. The van der Waals surface area contributed by atoms with Crippen molar-refractivity contribution in [2.75, 3.05) is 45.4 Å². The second kappa shape index (κ2) is 5.66. The third-order valence-corrected chi connectivity index (χ3v) is 4.30. The standard InChI is InChI=1S/C12H19N3O3S/c1-15-5-4-7(6-15)14-11-9(17-2)8(13)10(19-11)12(16)18-3/h7,14H,4-6,13H2,1-3H3. The minimum atomic E-state index is -0.433. The Kier molecular flexibility index (Phi) is 4.16. The molecule has 2 heterocycles. The molecule has 1 atom stereocenters. The molecular weight excluding hydrogens is 266 g/mol. The molecule has 1 saturated heterocycles. The van der Waals surface area contributed by atoms with Crippen molar-refractivity contribution in [2.45, 2.75) is 12.5 Å². The van der Waals surface area contributed by atoms with Gasteiger partial charge in [-0.05, 0) is 20.0 Å². The molecule has 0 spiro atoms. The summed E-state index contributed by atoms with van der Waals surface area (Å²) in [4.78, 5) is 14.3. The second-order valence-corrected chi connectivity index (χ2v) is 5.61. The number of carbonyl (C=O) groups excluding carboxylic acids is 1. The number of anilines is 2. The molecule has 1 unspecified atom stereocenters. The minimum absolute atomic E-state index is 0.341. The third-order valence-electron chi connectivity index (χ3n) is 3.20. The van der Waals surface area contributed by atoms with E-state index in [4.69, 9.17) is 15.2 Å². The van der Waals surface area contributed by atoms with Gasteiger partial charge in [-0.2, -0.15) is 0 Å². The lowest BCUT2D eigenvalue weighted by molar-refractivity contribution is 0.0607. The van der Waals surface area contributed by atoms with E-state index in [-0.39, 0.29) is 0 Å². The highest BCUT2D eigenvalue weighted by atomic mass is 32.1. The van der Waals surface area contributed by atoms with Gasteiger partial charge in [-0.1, -0.05) is 0 Å². The van der Waals surface area contributed by atoms with Crippen LogP contribution in [0.4, 0.5) is 10.7 Å². The number of likely N-dealkylation sites (tertiary alicyclic amines) is 1. The summed E-state index contributed by atoms with van der Waals surface area (Å²) in [5.41, 5.74) is 6.27. The average molecular weight is 285 g/mol. The topological polar surface area (TPSA) is 76.8 Å². The summed E-state index contributed by atoms with van der Waals surface area (Å²) in [6.07, 6.45) is 1.06. The van der Waals surface area contributed by atoms with Crippen LogP contribution in [0.15, 0.2) is 0 Å². The van der Waals surface area contributed by atoms with E-state index in [1.54, 1.807) is 7.11 Å². The highest BCUT2D eigenvalue weighted by Gasteiger charge is 2.26. The van der Waals surface area contributed by atoms with Crippen LogP contribution in [0.1, 0.15) is 16.1 Å². The highest BCUT2D eigenvalue weighted by Crippen LogP contribution is 2.43. The van der Waals surface area contributed by atoms with E-state index in [0.717, 1.165) is 24.5 Å². The zero-order chi connectivity index (χ0) is 14.0. The number of rotatable bonds is 4. The summed E-state index contributed by atoms with van der Waals surface area (Å²) in [6.45, 7) is 2.03. The molecule has 0 bridgehead atoms. The number of hydrogen-bond donors (Lipinski definition) is 2. The highest BCUT2D eigenvalue weighted by molar-refractivity contribution is 7.19. The summed E-state index contributed by atoms with van der Waals surface area (Å²) in [5, 5.41) is 4.19. The van der Waals surface area contributed by atoms with Gasteiger partial charge in [0.25, 0.3) is 0 Å². The van der Waals surface area contributed by atoms with Gasteiger partial charge in [0, 0.05) is 12.6 Å². The van der Waals surface area contributed by atoms with Gasteiger partial charge in [-0.3, -0.25) is 0 Å². The molecule has 7 heteroatoms. The Morgan fingerprint density at radius 1 is 1.53 bits per heavy atom. The van der Waals surface area contributed by atoms with Crippen LogP contribution in [0.3, 0.4) is 0 Å². The maximum Gasteiger partial charge on any atom is 0.350 e. The molecule has 0 saturated carbocycles. The van der Waals surface area contributed by atoms with Crippen molar-refractivity contribution < 1.29 is 14.3 Å². The Bertz CT molecular complexity index is 475. The Morgan fingerprint density at radius 3 is 2.79 bits per heavy atom. The SMILES string of the molecule is COC(=O)c1sc(NC2CCN(C)C2)c(OC)c1N. The first-order valence-corrected chi connectivity index (χ1v) is 6.88. The number of hydrogen-bond acceptors (Lipinski definition) is 7. The van der Waals surface area contributed by atoms with Crippen LogP contribution in [0.5, 0.6) is 5.75 Å². The Balaban J connectivity index is 2.22. The lowest BCUT2D eigenvalue weighted by atomic mass is 10.2. The van der Waals surface area contributed by atoms with Crippen molar-refractivity contribution in [3.05, 3.63) is 4.88 Å². The van der Waals surface area contributed by atoms with Crippen molar-refractivity contribution in [3.8, 4) is 5.75 Å². The quantitative estimate of drug-likeness (QED) is 0.811. The molecule has 1 aromatic rings. The van der Waals surface area contributed by atoms with Crippen LogP contribution >= 0.6 is 11.3 Å². The van der Waals surface area contributed by atoms with Gasteiger partial charge in [-0.25, -0.2) is 4.79 Å². The molecule has 3 N–H and O–H groups in total. The third kappa shape index (κ3) is 2.76. The maximum atomic E-state index is 11.6. The summed E-state index contributed by atoms with van der Waals surface area (Å²) in [6, 6.07) is 0.349. The van der Waals surface area contributed by atoms with Crippen LogP contribution in [0.2, 0.25) is 0 Å². The van der Waals surface area contributed by atoms with Gasteiger partial charge in [0.15, 0.2) is 5.75 Å². The van der Waals surface area contributed by atoms with Gasteiger partial charge < -0.3 is 25.4 Å². The fraction of sp³-hybridized carbons (Fsp3) is 0.583. The molecule has 1 fully saturated rings. The molecule has 0 aliphatic carbocycles. The van der Waals surface area contributed by atoms with Crippen LogP contribution in [-0.4, -0.2) is 51.3 Å². The molecule has 0 amide bonds. The summed E-state index contributed by atoms with van der Waals surface area (Å²) < 4.78 is 10.0. The van der Waals surface area contributed by atoms with Crippen molar-refractivity contribution >= 4 is 28.0 Å². The summed E-state index contributed by atoms with van der Waals surface area (Å²) in [5.74, 6) is 0.0948. The van der Waals surface area contributed by atoms with Crippen LogP contribution < -0.4 is 15.8 Å². The number of nitrogens with one attached hydrogen (secondary N) is 1. The summed E-state index contributed by atoms with van der Waals surface area (Å²) >= 11 is 1.28. The number of ether oxygens (including phenoxy) is 2.